The van der Waals surface area contributed by atoms with Gasteiger partial charge in [0.05, 0.1) is 5.88 Å². The number of hydrogen-bond acceptors (Lipinski definition) is 4. The third-order valence-corrected chi connectivity index (χ3v) is 4.56. The summed E-state index contributed by atoms with van der Waals surface area (Å²) < 4.78 is 24.9. The quantitative estimate of drug-likeness (QED) is 0.772. The van der Waals surface area contributed by atoms with Crippen molar-refractivity contribution in [1.29, 1.82) is 0 Å². The number of rotatable bonds is 4. The smallest absolute Gasteiger partial charge is 0.157 e. The minimum atomic E-state index is -3.15. The van der Waals surface area contributed by atoms with Crippen molar-refractivity contribution in [2.45, 2.75) is 36.9 Å². The van der Waals surface area contributed by atoms with Crippen molar-refractivity contribution in [2.24, 2.45) is 0 Å². The lowest BCUT2D eigenvalue weighted by molar-refractivity contribution is 0.579. The average Bonchev–Trinajstić information content (AvgIpc) is 2.95. The normalized spacial score (nSPS) is 18.7. The van der Waals surface area contributed by atoms with Gasteiger partial charge in [0, 0.05) is 12.3 Å². The SMILES string of the molecule is CC(c1nnc(CCl)n1C1CC1)S(C)(=O)=O. The molecule has 0 spiro atoms. The highest BCUT2D eigenvalue weighted by Gasteiger charge is 2.33. The number of hydrogen-bond donors (Lipinski definition) is 0. The molecule has 0 saturated heterocycles. The van der Waals surface area contributed by atoms with Crippen LogP contribution < -0.4 is 0 Å². The van der Waals surface area contributed by atoms with Gasteiger partial charge in [-0.2, -0.15) is 0 Å². The third kappa shape index (κ3) is 2.08. The first-order chi connectivity index (χ1) is 7.45. The Kier molecular flexibility index (Phi) is 2.96. The average molecular weight is 264 g/mol. The first kappa shape index (κ1) is 11.9. The van der Waals surface area contributed by atoms with E-state index in [4.69, 9.17) is 11.6 Å². The zero-order chi connectivity index (χ0) is 11.9. The van der Waals surface area contributed by atoms with E-state index in [1.165, 1.54) is 6.26 Å². The summed E-state index contributed by atoms with van der Waals surface area (Å²) in [6.07, 6.45) is 3.31. The molecule has 0 amide bonds. The number of halogens is 1. The van der Waals surface area contributed by atoms with Gasteiger partial charge in [-0.3, -0.25) is 0 Å². The molecule has 1 aromatic rings. The van der Waals surface area contributed by atoms with Gasteiger partial charge in [0.25, 0.3) is 0 Å². The molecule has 1 unspecified atom stereocenters. The van der Waals surface area contributed by atoms with Gasteiger partial charge in [-0.05, 0) is 19.8 Å². The molecule has 0 radical (unpaired) electrons. The van der Waals surface area contributed by atoms with Crippen LogP contribution in [-0.2, 0) is 15.7 Å². The van der Waals surface area contributed by atoms with Gasteiger partial charge in [-0.1, -0.05) is 0 Å². The van der Waals surface area contributed by atoms with Crippen LogP contribution in [0.25, 0.3) is 0 Å². The Labute approximate surface area is 99.7 Å². The van der Waals surface area contributed by atoms with Crippen molar-refractivity contribution in [1.82, 2.24) is 14.8 Å². The van der Waals surface area contributed by atoms with E-state index in [0.29, 0.717) is 17.7 Å². The maximum absolute atomic E-state index is 11.5. The maximum atomic E-state index is 11.5. The lowest BCUT2D eigenvalue weighted by atomic mass is 10.4. The molecular weight excluding hydrogens is 250 g/mol. The largest absolute Gasteiger partial charge is 0.310 e. The van der Waals surface area contributed by atoms with Crippen LogP contribution in [-0.4, -0.2) is 29.4 Å². The molecule has 1 saturated carbocycles. The molecule has 1 aliphatic carbocycles. The summed E-state index contributed by atoms with van der Waals surface area (Å²) in [5, 5.41) is 7.28. The van der Waals surface area contributed by atoms with Crippen LogP contribution in [0.2, 0.25) is 0 Å². The van der Waals surface area contributed by atoms with Crippen LogP contribution in [0.4, 0.5) is 0 Å². The second-order valence-corrected chi connectivity index (χ2v) is 6.81. The monoisotopic (exact) mass is 263 g/mol. The summed E-state index contributed by atoms with van der Waals surface area (Å²) in [4.78, 5) is 0. The van der Waals surface area contributed by atoms with Gasteiger partial charge in [0.1, 0.15) is 11.1 Å². The fraction of sp³-hybridized carbons (Fsp3) is 0.778. The zero-order valence-corrected chi connectivity index (χ0v) is 10.8. The highest BCUT2D eigenvalue weighted by atomic mass is 35.5. The van der Waals surface area contributed by atoms with Crippen molar-refractivity contribution < 1.29 is 8.42 Å². The van der Waals surface area contributed by atoms with Crippen molar-refractivity contribution in [2.75, 3.05) is 6.26 Å². The topological polar surface area (TPSA) is 64.8 Å². The standard InChI is InChI=1S/C9H14ClN3O2S/c1-6(16(2,14)15)9-12-11-8(5-10)13(9)7-3-4-7/h6-7H,3-5H2,1-2H3. The summed E-state index contributed by atoms with van der Waals surface area (Å²) in [5.41, 5.74) is 0. The third-order valence-electron chi connectivity index (χ3n) is 2.83. The molecule has 1 aliphatic rings. The van der Waals surface area contributed by atoms with Crippen LogP contribution in [0.15, 0.2) is 0 Å². The summed E-state index contributed by atoms with van der Waals surface area (Å²) in [5.74, 6) is 1.44. The van der Waals surface area contributed by atoms with Gasteiger partial charge < -0.3 is 4.57 Å². The molecule has 1 atom stereocenters. The van der Waals surface area contributed by atoms with Crippen LogP contribution in [0.1, 0.15) is 42.7 Å². The van der Waals surface area contributed by atoms with E-state index in [0.717, 1.165) is 12.8 Å². The van der Waals surface area contributed by atoms with E-state index < -0.39 is 15.1 Å². The molecule has 0 aromatic carbocycles. The predicted octanol–water partition coefficient (Wildman–Crippen LogP) is 1.46. The molecule has 7 heteroatoms. The maximum Gasteiger partial charge on any atom is 0.157 e. The molecule has 0 bridgehead atoms. The molecule has 1 aromatic heterocycles. The van der Waals surface area contributed by atoms with Gasteiger partial charge in [-0.15, -0.1) is 21.8 Å². The Balaban J connectivity index is 2.44. The Bertz CT molecular complexity index is 493. The van der Waals surface area contributed by atoms with Crippen LogP contribution in [0, 0.1) is 0 Å². The van der Waals surface area contributed by atoms with Crippen LogP contribution >= 0.6 is 11.6 Å². The van der Waals surface area contributed by atoms with Crippen LogP contribution in [0.3, 0.4) is 0 Å². The Morgan fingerprint density at radius 1 is 1.50 bits per heavy atom. The van der Waals surface area contributed by atoms with E-state index in [1.807, 2.05) is 4.57 Å². The molecule has 2 rings (SSSR count). The van der Waals surface area contributed by atoms with E-state index in [-0.39, 0.29) is 5.88 Å². The van der Waals surface area contributed by atoms with Gasteiger partial charge >= 0.3 is 0 Å². The molecule has 1 heterocycles. The van der Waals surface area contributed by atoms with Gasteiger partial charge in [-0.25, -0.2) is 8.42 Å². The Morgan fingerprint density at radius 3 is 2.56 bits per heavy atom. The number of nitrogens with zero attached hydrogens (tertiary/aromatic N) is 3. The summed E-state index contributed by atoms with van der Waals surface area (Å²) >= 11 is 5.76. The molecule has 0 N–H and O–H groups in total. The summed E-state index contributed by atoms with van der Waals surface area (Å²) in [7, 11) is -3.15. The minimum absolute atomic E-state index is 0.264. The van der Waals surface area contributed by atoms with E-state index in [1.54, 1.807) is 6.92 Å². The van der Waals surface area contributed by atoms with Crippen molar-refractivity contribution in [3.8, 4) is 0 Å². The highest BCUT2D eigenvalue weighted by molar-refractivity contribution is 7.90. The first-order valence-electron chi connectivity index (χ1n) is 5.13. The summed E-state index contributed by atoms with van der Waals surface area (Å²) in [6, 6.07) is 0.336. The Morgan fingerprint density at radius 2 is 2.12 bits per heavy atom. The van der Waals surface area contributed by atoms with E-state index in [9.17, 15) is 8.42 Å². The molecule has 90 valence electrons. The molecule has 1 fully saturated rings. The van der Waals surface area contributed by atoms with Gasteiger partial charge in [0.15, 0.2) is 15.7 Å². The molecule has 5 nitrogen and oxygen atoms in total. The minimum Gasteiger partial charge on any atom is -0.310 e. The Hall–Kier alpha value is -0.620. The first-order valence-corrected chi connectivity index (χ1v) is 7.62. The number of aromatic nitrogens is 3. The van der Waals surface area contributed by atoms with Crippen molar-refractivity contribution in [3.63, 3.8) is 0 Å². The molecule has 16 heavy (non-hydrogen) atoms. The highest BCUT2D eigenvalue weighted by Crippen LogP contribution is 2.38. The van der Waals surface area contributed by atoms with E-state index in [2.05, 4.69) is 10.2 Å². The second kappa shape index (κ2) is 4.00. The van der Waals surface area contributed by atoms with Gasteiger partial charge in [0.2, 0.25) is 0 Å². The second-order valence-electron chi connectivity index (χ2n) is 4.18. The number of alkyl halides is 1. The fourth-order valence-electron chi connectivity index (χ4n) is 1.63. The molecule has 0 aliphatic heterocycles. The van der Waals surface area contributed by atoms with Crippen molar-refractivity contribution in [3.05, 3.63) is 11.6 Å². The van der Waals surface area contributed by atoms with Crippen LogP contribution in [0.5, 0.6) is 0 Å². The fourth-order valence-corrected chi connectivity index (χ4v) is 2.35. The van der Waals surface area contributed by atoms with Crippen molar-refractivity contribution >= 4 is 21.4 Å². The lowest BCUT2D eigenvalue weighted by Gasteiger charge is -2.12. The summed E-state index contributed by atoms with van der Waals surface area (Å²) in [6.45, 7) is 1.64. The predicted molar refractivity (Wildman–Crippen MR) is 61.1 cm³/mol. The zero-order valence-electron chi connectivity index (χ0n) is 9.22. The number of sulfone groups is 1. The lowest BCUT2D eigenvalue weighted by Crippen LogP contribution is -2.14. The van der Waals surface area contributed by atoms with E-state index >= 15 is 0 Å². The molecular formula is C9H14ClN3O2S.